The molecule has 2 aromatic carbocycles. The summed E-state index contributed by atoms with van der Waals surface area (Å²) in [5.41, 5.74) is 1.90. The molecule has 0 aliphatic heterocycles. The van der Waals surface area contributed by atoms with Gasteiger partial charge in [0.2, 0.25) is 5.91 Å². The summed E-state index contributed by atoms with van der Waals surface area (Å²) in [6.07, 6.45) is 1.05. The lowest BCUT2D eigenvalue weighted by atomic mass is 10.1. The molecule has 4 nitrogen and oxygen atoms in total. The first-order chi connectivity index (χ1) is 12.0. The summed E-state index contributed by atoms with van der Waals surface area (Å²) < 4.78 is 18.6. The zero-order valence-electron chi connectivity index (χ0n) is 15.0. The van der Waals surface area contributed by atoms with E-state index in [-0.39, 0.29) is 17.8 Å². The Hall–Kier alpha value is -2.40. The molecule has 2 aromatic rings. The fourth-order valence-electron chi connectivity index (χ4n) is 2.70. The molecule has 0 aliphatic rings. The van der Waals surface area contributed by atoms with Crippen molar-refractivity contribution in [3.05, 3.63) is 65.5 Å². The van der Waals surface area contributed by atoms with E-state index in [9.17, 15) is 9.18 Å². The van der Waals surface area contributed by atoms with E-state index in [0.29, 0.717) is 19.4 Å². The highest BCUT2D eigenvalue weighted by Gasteiger charge is 2.15. The number of likely N-dealkylation sites (N-methyl/N-ethyl adjacent to an activating group) is 1. The van der Waals surface area contributed by atoms with Crippen LogP contribution in [-0.2, 0) is 11.2 Å². The van der Waals surface area contributed by atoms with Gasteiger partial charge in [-0.2, -0.15) is 0 Å². The highest BCUT2D eigenvalue weighted by atomic mass is 19.1. The minimum atomic E-state index is -0.270. The Morgan fingerprint density at radius 2 is 1.96 bits per heavy atom. The number of ether oxygens (including phenoxy) is 1. The molecule has 0 saturated carbocycles. The molecular formula is C20H25FN2O2. The van der Waals surface area contributed by atoms with Crippen LogP contribution in [0.5, 0.6) is 5.75 Å². The van der Waals surface area contributed by atoms with E-state index in [1.807, 2.05) is 49.3 Å². The van der Waals surface area contributed by atoms with Crippen molar-refractivity contribution in [1.29, 1.82) is 0 Å². The number of nitrogens with one attached hydrogen (secondary N) is 1. The molecule has 134 valence electrons. The van der Waals surface area contributed by atoms with E-state index >= 15 is 0 Å². The normalized spacial score (nSPS) is 12.0. The van der Waals surface area contributed by atoms with E-state index in [4.69, 9.17) is 4.74 Å². The molecule has 0 heterocycles. The van der Waals surface area contributed by atoms with Crippen LogP contribution in [0.2, 0.25) is 0 Å². The van der Waals surface area contributed by atoms with Gasteiger partial charge in [0.1, 0.15) is 11.6 Å². The number of hydrogen-bond donors (Lipinski definition) is 1. The van der Waals surface area contributed by atoms with Crippen LogP contribution < -0.4 is 10.1 Å². The first-order valence-electron chi connectivity index (χ1n) is 8.31. The summed E-state index contributed by atoms with van der Waals surface area (Å²) >= 11 is 0. The summed E-state index contributed by atoms with van der Waals surface area (Å²) in [5, 5.41) is 2.95. The second kappa shape index (κ2) is 9.18. The van der Waals surface area contributed by atoms with Gasteiger partial charge in [-0.3, -0.25) is 4.79 Å². The number of carbonyl (C=O) groups is 1. The van der Waals surface area contributed by atoms with Crippen molar-refractivity contribution < 1.29 is 13.9 Å². The molecule has 25 heavy (non-hydrogen) atoms. The van der Waals surface area contributed by atoms with Gasteiger partial charge in [0.15, 0.2) is 0 Å². The number of halogens is 1. The van der Waals surface area contributed by atoms with Crippen molar-refractivity contribution in [3.63, 3.8) is 0 Å². The molecule has 0 bridgehead atoms. The Balaban J connectivity index is 1.88. The van der Waals surface area contributed by atoms with Gasteiger partial charge in [-0.15, -0.1) is 0 Å². The van der Waals surface area contributed by atoms with E-state index < -0.39 is 0 Å². The number of aryl methyl sites for hydroxylation is 1. The minimum absolute atomic E-state index is 0.0222. The van der Waals surface area contributed by atoms with Crippen molar-refractivity contribution >= 4 is 5.91 Å². The van der Waals surface area contributed by atoms with E-state index in [1.54, 1.807) is 13.2 Å². The summed E-state index contributed by atoms with van der Waals surface area (Å²) in [6.45, 7) is 0.438. The average Bonchev–Trinajstić information content (AvgIpc) is 2.60. The van der Waals surface area contributed by atoms with Crippen molar-refractivity contribution in [1.82, 2.24) is 10.2 Å². The van der Waals surface area contributed by atoms with Crippen molar-refractivity contribution in [2.45, 2.75) is 18.9 Å². The van der Waals surface area contributed by atoms with E-state index in [0.717, 1.165) is 16.9 Å². The number of hydrogen-bond acceptors (Lipinski definition) is 3. The fraction of sp³-hybridized carbons (Fsp3) is 0.350. The largest absolute Gasteiger partial charge is 0.497 e. The topological polar surface area (TPSA) is 41.6 Å². The third-order valence-electron chi connectivity index (χ3n) is 4.12. The minimum Gasteiger partial charge on any atom is -0.497 e. The lowest BCUT2D eigenvalue weighted by Crippen LogP contribution is -2.34. The van der Waals surface area contributed by atoms with Gasteiger partial charge >= 0.3 is 0 Å². The van der Waals surface area contributed by atoms with Crippen LogP contribution >= 0.6 is 0 Å². The number of amides is 1. The maximum Gasteiger partial charge on any atom is 0.220 e. The van der Waals surface area contributed by atoms with Crippen molar-refractivity contribution in [2.75, 3.05) is 27.7 Å². The lowest BCUT2D eigenvalue weighted by molar-refractivity contribution is -0.121. The Morgan fingerprint density at radius 3 is 2.64 bits per heavy atom. The summed E-state index contributed by atoms with van der Waals surface area (Å²) in [5.74, 6) is 0.497. The molecule has 2 rings (SSSR count). The Morgan fingerprint density at radius 1 is 1.20 bits per heavy atom. The number of benzene rings is 2. The second-order valence-electron chi connectivity index (χ2n) is 6.19. The Kier molecular flexibility index (Phi) is 6.95. The number of carbonyl (C=O) groups excluding carboxylic acids is 1. The molecule has 5 heteroatoms. The standard InChI is InChI=1S/C20H25FN2O2/c1-23(2)19(16-7-5-8-17(21)13-16)14-22-20(24)11-10-15-6-4-9-18(12-15)25-3/h4-9,12-13,19H,10-11,14H2,1-3H3,(H,22,24). The highest BCUT2D eigenvalue weighted by molar-refractivity contribution is 5.76. The average molecular weight is 344 g/mol. The predicted molar refractivity (Wildman–Crippen MR) is 97.2 cm³/mol. The van der Waals surface area contributed by atoms with Gasteiger partial charge in [-0.1, -0.05) is 24.3 Å². The van der Waals surface area contributed by atoms with Crippen LogP contribution in [0.25, 0.3) is 0 Å². The number of nitrogens with zero attached hydrogens (tertiary/aromatic N) is 1. The smallest absolute Gasteiger partial charge is 0.220 e. The fourth-order valence-corrected chi connectivity index (χ4v) is 2.70. The van der Waals surface area contributed by atoms with Gasteiger partial charge in [0.05, 0.1) is 13.2 Å². The van der Waals surface area contributed by atoms with E-state index in [2.05, 4.69) is 5.32 Å². The van der Waals surface area contributed by atoms with E-state index in [1.165, 1.54) is 12.1 Å². The quantitative estimate of drug-likeness (QED) is 0.800. The highest BCUT2D eigenvalue weighted by Crippen LogP contribution is 2.18. The van der Waals surface area contributed by atoms with Crippen molar-refractivity contribution in [2.24, 2.45) is 0 Å². The van der Waals surface area contributed by atoms with Gasteiger partial charge in [0, 0.05) is 13.0 Å². The number of methoxy groups -OCH3 is 1. The SMILES string of the molecule is COc1cccc(CCC(=O)NCC(c2cccc(F)c2)N(C)C)c1. The summed E-state index contributed by atoms with van der Waals surface area (Å²) in [4.78, 5) is 14.1. The zero-order valence-corrected chi connectivity index (χ0v) is 15.0. The molecular weight excluding hydrogens is 319 g/mol. The van der Waals surface area contributed by atoms with Gasteiger partial charge < -0.3 is 15.0 Å². The van der Waals surface area contributed by atoms with Crippen LogP contribution in [-0.4, -0.2) is 38.6 Å². The molecule has 0 aromatic heterocycles. The Bertz CT molecular complexity index is 704. The third kappa shape index (κ3) is 5.87. The van der Waals surface area contributed by atoms with Crippen molar-refractivity contribution in [3.8, 4) is 5.75 Å². The van der Waals surface area contributed by atoms with Gasteiger partial charge in [-0.05, 0) is 55.9 Å². The predicted octanol–water partition coefficient (Wildman–Crippen LogP) is 3.19. The molecule has 1 atom stereocenters. The molecule has 0 spiro atoms. The molecule has 1 unspecified atom stereocenters. The van der Waals surface area contributed by atoms with Crippen LogP contribution in [0.3, 0.4) is 0 Å². The zero-order chi connectivity index (χ0) is 18.2. The summed E-state index contributed by atoms with van der Waals surface area (Å²) in [7, 11) is 5.45. The lowest BCUT2D eigenvalue weighted by Gasteiger charge is -2.25. The third-order valence-corrected chi connectivity index (χ3v) is 4.12. The monoisotopic (exact) mass is 344 g/mol. The maximum atomic E-state index is 13.4. The second-order valence-corrected chi connectivity index (χ2v) is 6.19. The molecule has 0 radical (unpaired) electrons. The molecule has 0 saturated heterocycles. The summed E-state index contributed by atoms with van der Waals surface area (Å²) in [6, 6.07) is 14.1. The van der Waals surface area contributed by atoms with Crippen LogP contribution in [0, 0.1) is 5.82 Å². The van der Waals surface area contributed by atoms with Gasteiger partial charge in [0.25, 0.3) is 0 Å². The van der Waals surface area contributed by atoms with Crippen LogP contribution in [0.1, 0.15) is 23.6 Å². The Labute approximate surface area is 148 Å². The van der Waals surface area contributed by atoms with Gasteiger partial charge in [-0.25, -0.2) is 4.39 Å². The maximum absolute atomic E-state index is 13.4. The molecule has 0 aliphatic carbocycles. The van der Waals surface area contributed by atoms with Crippen LogP contribution in [0.4, 0.5) is 4.39 Å². The molecule has 1 N–H and O–H groups in total. The first kappa shape index (κ1) is 18.9. The number of rotatable bonds is 8. The molecule has 1 amide bonds. The first-order valence-corrected chi connectivity index (χ1v) is 8.31. The molecule has 0 fully saturated rings. The van der Waals surface area contributed by atoms with Crippen LogP contribution in [0.15, 0.2) is 48.5 Å².